The standard InChI is InChI=1S/C28H36N2/c1-29(25-19-20-12-13-24(25)18-20)27-23-14-16-30(17-15-23)28(27)26(21-8-4-2-5-9-21)22-10-6-3-7-11-22/h2-11,20,23-28H,12-19H2,1H3/t20-,24?,25+,27?,28?/m1/s1. The lowest BCUT2D eigenvalue weighted by Gasteiger charge is -2.58. The first-order valence-corrected chi connectivity index (χ1v) is 12.4. The van der Waals surface area contributed by atoms with Crippen molar-refractivity contribution in [2.75, 3.05) is 20.1 Å². The fourth-order valence-electron chi connectivity index (χ4n) is 7.87. The molecule has 158 valence electrons. The number of rotatable bonds is 5. The van der Waals surface area contributed by atoms with E-state index in [-0.39, 0.29) is 0 Å². The van der Waals surface area contributed by atoms with E-state index in [1.165, 1.54) is 62.7 Å². The van der Waals surface area contributed by atoms with Crippen molar-refractivity contribution in [1.82, 2.24) is 9.80 Å². The lowest BCUT2D eigenvalue weighted by molar-refractivity contribution is -0.0617. The maximum Gasteiger partial charge on any atom is 0.0363 e. The van der Waals surface area contributed by atoms with Crippen LogP contribution in [0.3, 0.4) is 0 Å². The second-order valence-corrected chi connectivity index (χ2v) is 10.6. The maximum absolute atomic E-state index is 2.91. The van der Waals surface area contributed by atoms with Crippen LogP contribution in [0.4, 0.5) is 0 Å². The molecule has 0 N–H and O–H groups in total. The molecule has 0 aromatic heterocycles. The Balaban J connectivity index is 1.40. The molecule has 3 saturated heterocycles. The molecule has 0 amide bonds. The molecule has 3 aliphatic heterocycles. The van der Waals surface area contributed by atoms with Crippen molar-refractivity contribution in [3.8, 4) is 0 Å². The molecule has 2 aliphatic carbocycles. The molecular weight excluding hydrogens is 364 g/mol. The third kappa shape index (κ3) is 3.15. The van der Waals surface area contributed by atoms with Crippen LogP contribution >= 0.6 is 0 Å². The summed E-state index contributed by atoms with van der Waals surface area (Å²) in [5.41, 5.74) is 2.99. The van der Waals surface area contributed by atoms with Gasteiger partial charge in [0, 0.05) is 24.0 Å². The highest BCUT2D eigenvalue weighted by molar-refractivity contribution is 5.36. The molecule has 5 aliphatic rings. The highest BCUT2D eigenvalue weighted by Crippen LogP contribution is 2.50. The predicted octanol–water partition coefficient (Wildman–Crippen LogP) is 5.40. The summed E-state index contributed by atoms with van der Waals surface area (Å²) in [5.74, 6) is 3.30. The van der Waals surface area contributed by atoms with Crippen LogP contribution in [0, 0.1) is 17.8 Å². The summed E-state index contributed by atoms with van der Waals surface area (Å²) in [6, 6.07) is 24.8. The van der Waals surface area contributed by atoms with Crippen LogP contribution in [0.15, 0.2) is 60.7 Å². The van der Waals surface area contributed by atoms with E-state index in [0.29, 0.717) is 18.0 Å². The molecule has 2 nitrogen and oxygen atoms in total. The Morgan fingerprint density at radius 1 is 0.767 bits per heavy atom. The second kappa shape index (κ2) is 7.80. The number of fused-ring (bicyclic) bond motifs is 5. The van der Waals surface area contributed by atoms with Crippen molar-refractivity contribution in [3.05, 3.63) is 71.8 Å². The lowest BCUT2D eigenvalue weighted by Crippen LogP contribution is -2.66. The Hall–Kier alpha value is -1.64. The third-order valence-corrected chi connectivity index (χ3v) is 9.18. The third-order valence-electron chi connectivity index (χ3n) is 9.18. The van der Waals surface area contributed by atoms with Crippen molar-refractivity contribution in [3.63, 3.8) is 0 Å². The fraction of sp³-hybridized carbons (Fsp3) is 0.571. The number of hydrogen-bond donors (Lipinski definition) is 0. The molecule has 30 heavy (non-hydrogen) atoms. The van der Waals surface area contributed by atoms with Gasteiger partial charge in [-0.25, -0.2) is 0 Å². The van der Waals surface area contributed by atoms with Gasteiger partial charge in [0.15, 0.2) is 0 Å². The van der Waals surface area contributed by atoms with Gasteiger partial charge in [-0.1, -0.05) is 67.1 Å². The van der Waals surface area contributed by atoms with Gasteiger partial charge >= 0.3 is 0 Å². The minimum absolute atomic E-state index is 0.460. The van der Waals surface area contributed by atoms with Crippen LogP contribution < -0.4 is 0 Å². The second-order valence-electron chi connectivity index (χ2n) is 10.6. The fourth-order valence-corrected chi connectivity index (χ4v) is 7.87. The zero-order valence-corrected chi connectivity index (χ0v) is 18.4. The Morgan fingerprint density at radius 3 is 1.93 bits per heavy atom. The number of likely N-dealkylation sites (N-methyl/N-ethyl adjacent to an activating group) is 1. The molecule has 2 aromatic carbocycles. The summed E-state index contributed by atoms with van der Waals surface area (Å²) >= 11 is 0. The van der Waals surface area contributed by atoms with E-state index in [4.69, 9.17) is 0 Å². The van der Waals surface area contributed by atoms with Gasteiger partial charge in [-0.15, -0.1) is 0 Å². The predicted molar refractivity (Wildman–Crippen MR) is 124 cm³/mol. The van der Waals surface area contributed by atoms with Crippen molar-refractivity contribution in [2.24, 2.45) is 17.8 Å². The SMILES string of the molecule is CN(C1C2CCN(CC2)C1C(c1ccccc1)c1ccccc1)[C@H]1C[C@@H]2CCC1C2. The van der Waals surface area contributed by atoms with E-state index in [1.807, 2.05) is 0 Å². The van der Waals surface area contributed by atoms with Gasteiger partial charge in [0.05, 0.1) is 0 Å². The Labute approximate surface area is 182 Å². The van der Waals surface area contributed by atoms with Crippen LogP contribution in [0.25, 0.3) is 0 Å². The molecule has 5 atom stereocenters. The van der Waals surface area contributed by atoms with E-state index in [0.717, 1.165) is 23.8 Å². The highest BCUT2D eigenvalue weighted by atomic mass is 15.3. The van der Waals surface area contributed by atoms with E-state index in [1.54, 1.807) is 0 Å². The maximum atomic E-state index is 2.91. The normalized spacial score (nSPS) is 37.4. The summed E-state index contributed by atoms with van der Waals surface area (Å²) < 4.78 is 0. The van der Waals surface area contributed by atoms with Gasteiger partial charge in [0.25, 0.3) is 0 Å². The minimum Gasteiger partial charge on any atom is -0.298 e. The van der Waals surface area contributed by atoms with Crippen LogP contribution in [-0.2, 0) is 0 Å². The van der Waals surface area contributed by atoms with Crippen molar-refractivity contribution < 1.29 is 0 Å². The van der Waals surface area contributed by atoms with Crippen LogP contribution in [0.2, 0.25) is 0 Å². The minimum atomic E-state index is 0.460. The van der Waals surface area contributed by atoms with Gasteiger partial charge in [0.2, 0.25) is 0 Å². The molecule has 3 unspecified atom stereocenters. The number of piperidine rings is 3. The average Bonchev–Trinajstić information content (AvgIpc) is 3.45. The molecule has 2 heteroatoms. The molecule has 0 spiro atoms. The molecule has 2 aromatic rings. The Morgan fingerprint density at radius 2 is 1.40 bits per heavy atom. The first-order valence-electron chi connectivity index (χ1n) is 12.4. The van der Waals surface area contributed by atoms with E-state index in [9.17, 15) is 0 Å². The lowest BCUT2D eigenvalue weighted by atomic mass is 9.69. The molecule has 7 rings (SSSR count). The molecular formula is C28H36N2. The average molecular weight is 401 g/mol. The zero-order valence-electron chi connectivity index (χ0n) is 18.4. The molecule has 5 fully saturated rings. The smallest absolute Gasteiger partial charge is 0.0363 e. The van der Waals surface area contributed by atoms with E-state index in [2.05, 4.69) is 77.5 Å². The number of nitrogens with zero attached hydrogens (tertiary/aromatic N) is 2. The molecule has 4 bridgehead atoms. The van der Waals surface area contributed by atoms with Crippen LogP contribution in [0.5, 0.6) is 0 Å². The van der Waals surface area contributed by atoms with Gasteiger partial charge in [-0.05, 0) is 81.1 Å². The van der Waals surface area contributed by atoms with E-state index < -0.39 is 0 Å². The first kappa shape index (κ1) is 19.1. The van der Waals surface area contributed by atoms with Crippen molar-refractivity contribution in [2.45, 2.75) is 62.6 Å². The summed E-state index contributed by atoms with van der Waals surface area (Å²) in [5, 5.41) is 0. The monoisotopic (exact) mass is 400 g/mol. The van der Waals surface area contributed by atoms with Crippen molar-refractivity contribution in [1.29, 1.82) is 0 Å². The number of benzene rings is 2. The highest BCUT2D eigenvalue weighted by Gasteiger charge is 2.51. The van der Waals surface area contributed by atoms with Gasteiger partial charge in [-0.3, -0.25) is 9.80 Å². The molecule has 3 heterocycles. The topological polar surface area (TPSA) is 6.48 Å². The molecule has 0 radical (unpaired) electrons. The van der Waals surface area contributed by atoms with E-state index >= 15 is 0 Å². The zero-order chi connectivity index (χ0) is 20.1. The van der Waals surface area contributed by atoms with Gasteiger partial charge in [0.1, 0.15) is 0 Å². The largest absolute Gasteiger partial charge is 0.298 e. The Kier molecular flexibility index (Phi) is 4.96. The van der Waals surface area contributed by atoms with Gasteiger partial charge in [-0.2, -0.15) is 0 Å². The van der Waals surface area contributed by atoms with Crippen molar-refractivity contribution >= 4 is 0 Å². The Bertz CT molecular complexity index is 802. The summed E-state index contributed by atoms with van der Waals surface area (Å²) in [7, 11) is 2.50. The summed E-state index contributed by atoms with van der Waals surface area (Å²) in [6.45, 7) is 2.57. The molecule has 2 saturated carbocycles. The number of hydrogen-bond acceptors (Lipinski definition) is 2. The van der Waals surface area contributed by atoms with Crippen LogP contribution in [0.1, 0.15) is 55.6 Å². The van der Waals surface area contributed by atoms with Gasteiger partial charge < -0.3 is 0 Å². The van der Waals surface area contributed by atoms with Crippen LogP contribution in [-0.4, -0.2) is 48.1 Å². The summed E-state index contributed by atoms with van der Waals surface area (Å²) in [4.78, 5) is 5.77. The summed E-state index contributed by atoms with van der Waals surface area (Å²) in [6.07, 6.45) is 8.72. The first-order chi connectivity index (χ1) is 14.8. The quantitative estimate of drug-likeness (QED) is 0.663.